The molecule has 2 heterocycles. The Labute approximate surface area is 205 Å². The second-order valence-electron chi connectivity index (χ2n) is 7.63. The van der Waals surface area contributed by atoms with Gasteiger partial charge in [-0.25, -0.2) is 9.37 Å². The summed E-state index contributed by atoms with van der Waals surface area (Å²) >= 11 is 7.20. The normalized spacial score (nSPS) is 17.3. The van der Waals surface area contributed by atoms with Crippen LogP contribution in [0.15, 0.2) is 72.3 Å². The maximum absolute atomic E-state index is 13.4. The van der Waals surface area contributed by atoms with E-state index in [2.05, 4.69) is 4.98 Å². The fraction of sp³-hybridized carbons (Fsp3) is 0.0417. The molecule has 5 rings (SSSR count). The Morgan fingerprint density at radius 2 is 1.77 bits per heavy atom. The summed E-state index contributed by atoms with van der Waals surface area (Å²) in [4.78, 5) is 42.5. The van der Waals surface area contributed by atoms with Crippen molar-refractivity contribution < 1.29 is 24.0 Å². The number of hydrogen-bond acceptors (Lipinski definition) is 7. The maximum atomic E-state index is 13.4. The number of nitro benzene ring substituents is 1. The van der Waals surface area contributed by atoms with Gasteiger partial charge in [-0.05, 0) is 60.2 Å². The van der Waals surface area contributed by atoms with Crippen LogP contribution in [0.2, 0.25) is 5.02 Å². The van der Waals surface area contributed by atoms with Gasteiger partial charge in [-0.2, -0.15) is 0 Å². The van der Waals surface area contributed by atoms with E-state index in [0.29, 0.717) is 20.8 Å². The molecule has 4 aromatic rings. The highest BCUT2D eigenvalue weighted by atomic mass is 35.5. The van der Waals surface area contributed by atoms with Gasteiger partial charge in [0.2, 0.25) is 0 Å². The van der Waals surface area contributed by atoms with Crippen LogP contribution < -0.4 is 4.90 Å². The predicted octanol–water partition coefficient (Wildman–Crippen LogP) is 5.62. The Balaban J connectivity index is 1.72. The summed E-state index contributed by atoms with van der Waals surface area (Å²) in [6.07, 6.45) is 0. The van der Waals surface area contributed by atoms with Crippen LogP contribution in [0.5, 0.6) is 0 Å². The number of fused-ring (bicyclic) bond motifs is 1. The minimum absolute atomic E-state index is 0.132. The molecule has 1 aliphatic rings. The fourth-order valence-corrected chi connectivity index (χ4v) is 5.14. The molecule has 1 N–H and O–H groups in total. The van der Waals surface area contributed by atoms with Gasteiger partial charge < -0.3 is 5.11 Å². The fourth-order valence-electron chi connectivity index (χ4n) is 3.88. The second kappa shape index (κ2) is 8.57. The third-order valence-corrected chi connectivity index (χ3v) is 6.78. The van der Waals surface area contributed by atoms with Crippen LogP contribution in [0.25, 0.3) is 16.0 Å². The van der Waals surface area contributed by atoms with Crippen LogP contribution in [0.1, 0.15) is 17.2 Å². The Hall–Kier alpha value is -4.15. The minimum atomic E-state index is -1.13. The lowest BCUT2D eigenvalue weighted by molar-refractivity contribution is -0.384. The molecule has 1 saturated heterocycles. The van der Waals surface area contributed by atoms with E-state index >= 15 is 0 Å². The number of Topliss-reactive ketones (excluding diaryl/α,β-unsaturated/α-hetero) is 1. The molecule has 0 saturated carbocycles. The topological polar surface area (TPSA) is 114 Å². The van der Waals surface area contributed by atoms with Gasteiger partial charge in [0, 0.05) is 22.7 Å². The molecule has 1 amide bonds. The highest BCUT2D eigenvalue weighted by Gasteiger charge is 2.48. The lowest BCUT2D eigenvalue weighted by Crippen LogP contribution is -2.29. The number of ketones is 1. The molecule has 8 nitrogen and oxygen atoms in total. The van der Waals surface area contributed by atoms with E-state index in [1.165, 1.54) is 36.4 Å². The number of nitro groups is 1. The molecule has 1 atom stereocenters. The third kappa shape index (κ3) is 3.92. The van der Waals surface area contributed by atoms with E-state index in [0.717, 1.165) is 28.4 Å². The number of nitrogens with zero attached hydrogens (tertiary/aromatic N) is 3. The smallest absolute Gasteiger partial charge is 0.301 e. The Bertz CT molecular complexity index is 1550. The van der Waals surface area contributed by atoms with E-state index < -0.39 is 34.2 Å². The number of thiazole rings is 1. The number of aliphatic hydroxyl groups excluding tert-OH is 1. The molecule has 0 aliphatic carbocycles. The zero-order valence-corrected chi connectivity index (χ0v) is 19.1. The number of amides is 1. The van der Waals surface area contributed by atoms with Crippen LogP contribution in [0.3, 0.4) is 0 Å². The van der Waals surface area contributed by atoms with Gasteiger partial charge in [0.05, 0.1) is 26.8 Å². The monoisotopic (exact) mass is 509 g/mol. The first-order valence-electron chi connectivity index (χ1n) is 10.1. The molecule has 35 heavy (non-hydrogen) atoms. The molecule has 1 unspecified atom stereocenters. The zero-order valence-electron chi connectivity index (χ0n) is 17.5. The van der Waals surface area contributed by atoms with Crippen molar-refractivity contribution in [1.29, 1.82) is 0 Å². The van der Waals surface area contributed by atoms with Gasteiger partial charge in [0.25, 0.3) is 11.5 Å². The van der Waals surface area contributed by atoms with Crippen molar-refractivity contribution in [3.8, 4) is 0 Å². The van der Waals surface area contributed by atoms with Crippen molar-refractivity contribution in [2.24, 2.45) is 0 Å². The number of rotatable bonds is 4. The Kier molecular flexibility index (Phi) is 5.54. The number of carbonyl (C=O) groups excluding carboxylic acids is 2. The van der Waals surface area contributed by atoms with Crippen LogP contribution in [0.4, 0.5) is 15.2 Å². The van der Waals surface area contributed by atoms with Gasteiger partial charge in [0.1, 0.15) is 11.6 Å². The number of aromatic nitrogens is 1. The number of hydrogen-bond donors (Lipinski definition) is 1. The molecule has 174 valence electrons. The number of halogens is 2. The SMILES string of the molecule is O=C1C(=O)N(c2nc3ccc(Cl)cc3s2)C(c2ccc([N+](=O)[O-])cc2)C1=C(O)c1ccc(F)cc1. The molecule has 1 aliphatic heterocycles. The summed E-state index contributed by atoms with van der Waals surface area (Å²) < 4.78 is 14.1. The lowest BCUT2D eigenvalue weighted by Gasteiger charge is -2.22. The van der Waals surface area contributed by atoms with E-state index in [4.69, 9.17) is 11.6 Å². The number of non-ortho nitro benzene ring substituents is 1. The van der Waals surface area contributed by atoms with Crippen molar-refractivity contribution in [3.63, 3.8) is 0 Å². The Morgan fingerprint density at radius 3 is 2.43 bits per heavy atom. The van der Waals surface area contributed by atoms with E-state index in [1.54, 1.807) is 18.2 Å². The second-order valence-corrected chi connectivity index (χ2v) is 9.08. The molecular formula is C24H13ClFN3O5S. The van der Waals surface area contributed by atoms with Gasteiger partial charge in [-0.3, -0.25) is 24.6 Å². The highest BCUT2D eigenvalue weighted by Crippen LogP contribution is 2.44. The molecule has 1 fully saturated rings. The van der Waals surface area contributed by atoms with E-state index in [-0.39, 0.29) is 22.0 Å². The first kappa shape index (κ1) is 22.6. The molecule has 0 radical (unpaired) electrons. The summed E-state index contributed by atoms with van der Waals surface area (Å²) in [7, 11) is 0. The molecular weight excluding hydrogens is 497 g/mol. The molecule has 0 spiro atoms. The van der Waals surface area contributed by atoms with Crippen molar-refractivity contribution in [1.82, 2.24) is 4.98 Å². The van der Waals surface area contributed by atoms with E-state index in [9.17, 15) is 29.2 Å². The summed E-state index contributed by atoms with van der Waals surface area (Å²) in [6.45, 7) is 0. The largest absolute Gasteiger partial charge is 0.507 e. The van der Waals surface area contributed by atoms with Gasteiger partial charge in [-0.1, -0.05) is 22.9 Å². The van der Waals surface area contributed by atoms with Crippen molar-refractivity contribution in [3.05, 3.63) is 104 Å². The first-order chi connectivity index (χ1) is 16.7. The number of carbonyl (C=O) groups is 2. The van der Waals surface area contributed by atoms with Gasteiger partial charge in [-0.15, -0.1) is 0 Å². The zero-order chi connectivity index (χ0) is 24.9. The first-order valence-corrected chi connectivity index (χ1v) is 11.3. The summed E-state index contributed by atoms with van der Waals surface area (Å²) in [5.74, 6) is -2.94. The predicted molar refractivity (Wildman–Crippen MR) is 129 cm³/mol. The summed E-state index contributed by atoms with van der Waals surface area (Å²) in [5.41, 5.74) is 0.604. The van der Waals surface area contributed by atoms with Crippen LogP contribution in [0, 0.1) is 15.9 Å². The minimum Gasteiger partial charge on any atom is -0.507 e. The Morgan fingerprint density at radius 1 is 1.09 bits per heavy atom. The van der Waals surface area contributed by atoms with E-state index in [1.807, 2.05) is 0 Å². The van der Waals surface area contributed by atoms with Crippen molar-refractivity contribution in [2.45, 2.75) is 6.04 Å². The molecule has 3 aromatic carbocycles. The average Bonchev–Trinajstić information content (AvgIpc) is 3.37. The highest BCUT2D eigenvalue weighted by molar-refractivity contribution is 7.22. The number of benzene rings is 3. The molecule has 0 bridgehead atoms. The van der Waals surface area contributed by atoms with Gasteiger partial charge >= 0.3 is 5.91 Å². The summed E-state index contributed by atoms with van der Waals surface area (Å²) in [5, 5.41) is 22.8. The van der Waals surface area contributed by atoms with Crippen LogP contribution in [-0.2, 0) is 9.59 Å². The van der Waals surface area contributed by atoms with Gasteiger partial charge in [0.15, 0.2) is 5.13 Å². The standard InChI is InChI=1S/C24H13ClFN3O5S/c25-14-5-10-17-18(11-14)35-24(27-17)28-20(12-3-8-16(9-4-12)29(33)34)19(22(31)23(28)32)21(30)13-1-6-15(26)7-2-13/h1-11,20,30H. The van der Waals surface area contributed by atoms with Crippen molar-refractivity contribution in [2.75, 3.05) is 4.90 Å². The third-order valence-electron chi connectivity index (χ3n) is 5.53. The number of anilines is 1. The molecule has 11 heteroatoms. The van der Waals surface area contributed by atoms with Crippen molar-refractivity contribution >= 4 is 61.4 Å². The van der Waals surface area contributed by atoms with Crippen LogP contribution in [-0.4, -0.2) is 26.7 Å². The lowest BCUT2D eigenvalue weighted by atomic mass is 9.95. The summed E-state index contributed by atoms with van der Waals surface area (Å²) in [6, 6.07) is 14.0. The number of aliphatic hydroxyl groups is 1. The molecule has 1 aromatic heterocycles. The quantitative estimate of drug-likeness (QED) is 0.125. The van der Waals surface area contributed by atoms with Crippen LogP contribution >= 0.6 is 22.9 Å². The maximum Gasteiger partial charge on any atom is 0.301 e. The average molecular weight is 510 g/mol.